The number of amides is 1. The number of rotatable bonds is 4. The van der Waals surface area contributed by atoms with E-state index >= 15 is 0 Å². The van der Waals surface area contributed by atoms with Gasteiger partial charge in [0.1, 0.15) is 10.6 Å². The number of carbonyl (C=O) groups is 1. The van der Waals surface area contributed by atoms with Crippen molar-refractivity contribution in [2.45, 2.75) is 9.79 Å². The largest absolute Gasteiger partial charge is 0.506 e. The van der Waals surface area contributed by atoms with E-state index in [0.717, 1.165) is 11.8 Å². The van der Waals surface area contributed by atoms with Crippen LogP contribution in [0.2, 0.25) is 10.0 Å². The van der Waals surface area contributed by atoms with E-state index in [0.29, 0.717) is 32.1 Å². The van der Waals surface area contributed by atoms with Crippen molar-refractivity contribution in [3.63, 3.8) is 0 Å². The fraction of sp³-hybridized carbons (Fsp3) is 0. The number of hydrogen-bond donors (Lipinski definition) is 3. The molecule has 0 saturated heterocycles. The molecule has 2 heterocycles. The molecule has 2 aromatic heterocycles. The highest BCUT2D eigenvalue weighted by Gasteiger charge is 2.16. The van der Waals surface area contributed by atoms with Gasteiger partial charge in [-0.25, -0.2) is 0 Å². The molecule has 0 fully saturated rings. The Kier molecular flexibility index (Phi) is 5.67. The summed E-state index contributed by atoms with van der Waals surface area (Å²) < 4.78 is 0. The van der Waals surface area contributed by atoms with Gasteiger partial charge in [-0.05, 0) is 48.5 Å². The first-order chi connectivity index (χ1) is 14.4. The summed E-state index contributed by atoms with van der Waals surface area (Å²) in [7, 11) is 0. The molecule has 30 heavy (non-hydrogen) atoms. The summed E-state index contributed by atoms with van der Waals surface area (Å²) in [6.07, 6.45) is 3.07. The van der Waals surface area contributed by atoms with E-state index < -0.39 is 5.56 Å². The van der Waals surface area contributed by atoms with E-state index in [-0.39, 0.29) is 21.6 Å². The second-order valence-corrected chi connectivity index (χ2v) is 8.19. The van der Waals surface area contributed by atoms with Gasteiger partial charge in [0.25, 0.3) is 11.5 Å². The summed E-state index contributed by atoms with van der Waals surface area (Å²) in [6, 6.07) is 13.2. The van der Waals surface area contributed by atoms with Gasteiger partial charge in [0, 0.05) is 28.0 Å². The molecule has 0 atom stereocenters. The van der Waals surface area contributed by atoms with Crippen molar-refractivity contribution in [3.8, 4) is 5.75 Å². The van der Waals surface area contributed by atoms with Crippen molar-refractivity contribution in [2.24, 2.45) is 0 Å². The van der Waals surface area contributed by atoms with Crippen molar-refractivity contribution in [1.82, 2.24) is 9.97 Å². The number of hydrogen-bond acceptors (Lipinski definition) is 5. The average molecular weight is 458 g/mol. The molecule has 0 aliphatic carbocycles. The van der Waals surface area contributed by atoms with Crippen LogP contribution in [-0.2, 0) is 0 Å². The molecule has 0 radical (unpaired) electrons. The predicted octanol–water partition coefficient (Wildman–Crippen LogP) is 5.34. The molecule has 0 aliphatic heterocycles. The van der Waals surface area contributed by atoms with Crippen LogP contribution in [0.4, 0.5) is 5.69 Å². The van der Waals surface area contributed by atoms with Gasteiger partial charge in [-0.1, -0.05) is 35.0 Å². The van der Waals surface area contributed by atoms with Crippen LogP contribution < -0.4 is 10.9 Å². The summed E-state index contributed by atoms with van der Waals surface area (Å²) in [5.74, 6) is -0.491. The lowest BCUT2D eigenvalue weighted by Gasteiger charge is -2.10. The molecule has 6 nitrogen and oxygen atoms in total. The van der Waals surface area contributed by atoms with Crippen molar-refractivity contribution >= 4 is 57.5 Å². The van der Waals surface area contributed by atoms with E-state index in [9.17, 15) is 14.7 Å². The highest BCUT2D eigenvalue weighted by molar-refractivity contribution is 7.99. The lowest BCUT2D eigenvalue weighted by molar-refractivity contribution is 0.102. The quantitative estimate of drug-likeness (QED) is 0.384. The van der Waals surface area contributed by atoms with Crippen LogP contribution in [0.1, 0.15) is 10.4 Å². The van der Waals surface area contributed by atoms with Gasteiger partial charge >= 0.3 is 0 Å². The van der Waals surface area contributed by atoms with Crippen molar-refractivity contribution in [2.75, 3.05) is 5.32 Å². The van der Waals surface area contributed by atoms with Crippen LogP contribution in [0.25, 0.3) is 10.9 Å². The molecule has 1 amide bonds. The third-order valence-electron chi connectivity index (χ3n) is 4.22. The standard InChI is InChI=1S/C21H13Cl2N3O3S/c22-12-8-15(23)17-16(9-12)26-21(29)19(18(17)27)30-14-5-3-13(4-6-14)25-20(28)11-2-1-7-24-10-11/h1-10H,(H,25,28)(H2,26,27,29). The smallest absolute Gasteiger partial charge is 0.266 e. The Labute approximate surface area is 184 Å². The highest BCUT2D eigenvalue weighted by atomic mass is 35.5. The number of nitrogens with one attached hydrogen (secondary N) is 2. The molecule has 0 spiro atoms. The van der Waals surface area contributed by atoms with Crippen molar-refractivity contribution in [1.29, 1.82) is 0 Å². The van der Waals surface area contributed by atoms with E-state index in [1.807, 2.05) is 0 Å². The maximum absolute atomic E-state index is 12.5. The van der Waals surface area contributed by atoms with Crippen LogP contribution >= 0.6 is 35.0 Å². The first-order valence-electron chi connectivity index (χ1n) is 8.65. The molecule has 2 aromatic carbocycles. The zero-order valence-electron chi connectivity index (χ0n) is 15.1. The second-order valence-electron chi connectivity index (χ2n) is 6.26. The van der Waals surface area contributed by atoms with E-state index in [1.165, 1.54) is 18.3 Å². The predicted molar refractivity (Wildman–Crippen MR) is 119 cm³/mol. The van der Waals surface area contributed by atoms with Crippen molar-refractivity contribution in [3.05, 3.63) is 86.9 Å². The van der Waals surface area contributed by atoms with Crippen molar-refractivity contribution < 1.29 is 9.90 Å². The number of nitrogens with zero attached hydrogens (tertiary/aromatic N) is 1. The van der Waals surface area contributed by atoms with Gasteiger partial charge in [-0.3, -0.25) is 14.6 Å². The van der Waals surface area contributed by atoms with Crippen LogP contribution in [0.3, 0.4) is 0 Å². The number of aromatic amines is 1. The van der Waals surface area contributed by atoms with Crippen LogP contribution in [0.15, 0.2) is 75.5 Å². The zero-order valence-corrected chi connectivity index (χ0v) is 17.5. The summed E-state index contributed by atoms with van der Waals surface area (Å²) in [6.45, 7) is 0. The van der Waals surface area contributed by atoms with Crippen LogP contribution in [0.5, 0.6) is 5.75 Å². The molecular weight excluding hydrogens is 445 g/mol. The number of fused-ring (bicyclic) bond motifs is 1. The summed E-state index contributed by atoms with van der Waals surface area (Å²) in [5, 5.41) is 14.3. The Balaban J connectivity index is 1.58. The minimum atomic E-state index is -0.461. The topological polar surface area (TPSA) is 95.1 Å². The summed E-state index contributed by atoms with van der Waals surface area (Å²) in [4.78, 5) is 32.1. The van der Waals surface area contributed by atoms with E-state index in [4.69, 9.17) is 23.2 Å². The maximum atomic E-state index is 12.5. The lowest BCUT2D eigenvalue weighted by atomic mass is 10.2. The number of halogens is 2. The molecule has 150 valence electrons. The van der Waals surface area contributed by atoms with Crippen LogP contribution in [-0.4, -0.2) is 21.0 Å². The SMILES string of the molecule is O=C(Nc1ccc(Sc2c(O)c3c(Cl)cc(Cl)cc3[nH]c2=O)cc1)c1cccnc1. The minimum absolute atomic E-state index is 0.110. The van der Waals surface area contributed by atoms with Gasteiger partial charge in [-0.2, -0.15) is 0 Å². The zero-order chi connectivity index (χ0) is 21.3. The van der Waals surface area contributed by atoms with E-state index in [2.05, 4.69) is 15.3 Å². The Morgan fingerprint density at radius 3 is 2.60 bits per heavy atom. The number of benzene rings is 2. The minimum Gasteiger partial charge on any atom is -0.506 e. The molecule has 4 aromatic rings. The number of anilines is 1. The molecule has 4 rings (SSSR count). The molecule has 0 saturated carbocycles. The lowest BCUT2D eigenvalue weighted by Crippen LogP contribution is -2.11. The Hall–Kier alpha value is -3.00. The van der Waals surface area contributed by atoms with Gasteiger partial charge in [-0.15, -0.1) is 0 Å². The third-order valence-corrected chi connectivity index (χ3v) is 5.82. The molecule has 0 bridgehead atoms. The first kappa shape index (κ1) is 20.3. The first-order valence-corrected chi connectivity index (χ1v) is 10.2. The number of aromatic nitrogens is 2. The average Bonchev–Trinajstić information content (AvgIpc) is 2.72. The molecule has 0 aliphatic rings. The fourth-order valence-corrected chi connectivity index (χ4v) is 4.27. The highest BCUT2D eigenvalue weighted by Crippen LogP contribution is 2.39. The molecule has 9 heteroatoms. The molecular formula is C21H13Cl2N3O3S. The van der Waals surface area contributed by atoms with Gasteiger partial charge in [0.05, 0.1) is 21.5 Å². The Bertz CT molecular complexity index is 1310. The Morgan fingerprint density at radius 1 is 1.13 bits per heavy atom. The van der Waals surface area contributed by atoms with Gasteiger partial charge < -0.3 is 15.4 Å². The van der Waals surface area contributed by atoms with Gasteiger partial charge in [0.15, 0.2) is 0 Å². The van der Waals surface area contributed by atoms with E-state index in [1.54, 1.807) is 42.6 Å². The Morgan fingerprint density at radius 2 is 1.90 bits per heavy atom. The number of pyridine rings is 2. The monoisotopic (exact) mass is 457 g/mol. The number of aromatic hydroxyl groups is 1. The van der Waals surface area contributed by atoms with Gasteiger partial charge in [0.2, 0.25) is 0 Å². The van der Waals surface area contributed by atoms with Crippen LogP contribution in [0, 0.1) is 0 Å². The fourth-order valence-electron chi connectivity index (χ4n) is 2.83. The second kappa shape index (κ2) is 8.39. The third kappa shape index (κ3) is 4.14. The number of carbonyl (C=O) groups excluding carboxylic acids is 1. The summed E-state index contributed by atoms with van der Waals surface area (Å²) in [5.41, 5.74) is 0.924. The summed E-state index contributed by atoms with van der Waals surface area (Å²) >= 11 is 13.2. The maximum Gasteiger partial charge on any atom is 0.266 e. The number of H-pyrrole nitrogens is 1. The molecule has 3 N–H and O–H groups in total. The normalized spacial score (nSPS) is 10.9. The molecule has 0 unspecified atom stereocenters.